The molecule has 176 valence electrons. The Morgan fingerprint density at radius 3 is 2.25 bits per heavy atom. The van der Waals surface area contributed by atoms with Gasteiger partial charge in [0.15, 0.2) is 11.5 Å². The van der Waals surface area contributed by atoms with Crippen LogP contribution < -0.4 is 14.2 Å². The van der Waals surface area contributed by atoms with Crippen LogP contribution in [-0.4, -0.2) is 68.6 Å². The second-order valence-corrected chi connectivity index (χ2v) is 7.43. The van der Waals surface area contributed by atoms with Crippen molar-refractivity contribution < 1.29 is 38.1 Å². The smallest absolute Gasteiger partial charge is 0.338 e. The second-order valence-electron chi connectivity index (χ2n) is 6.43. The highest BCUT2D eigenvalue weighted by Crippen LogP contribution is 2.39. The summed E-state index contributed by atoms with van der Waals surface area (Å²) in [7, 11) is 1.28. The summed E-state index contributed by atoms with van der Waals surface area (Å²) < 4.78 is 26.9. The minimum atomic E-state index is -0.539. The monoisotopic (exact) mass is 467 g/mol. The topological polar surface area (TPSA) is 101 Å². The van der Waals surface area contributed by atoms with Crippen LogP contribution in [0.5, 0.6) is 17.2 Å². The Morgan fingerprint density at radius 1 is 1.06 bits per heavy atom. The van der Waals surface area contributed by atoms with E-state index in [0.717, 1.165) is 0 Å². The first-order chi connectivity index (χ1) is 15.4. The van der Waals surface area contributed by atoms with E-state index < -0.39 is 11.9 Å². The van der Waals surface area contributed by atoms with E-state index in [1.54, 1.807) is 12.1 Å². The standard InChI is InChI=1S/C22H29NO8S/c1-5-28-16-11-15(12-17(29-6-2)21(16)30-7-3)22(26)31-10-8-9-23-18(24)14-32-19(23)13-20(25)27-4/h11-13H,5-10,14H2,1-4H3/b19-13-. The number of carbonyl (C=O) groups excluding carboxylic acids is 3. The normalized spacial score (nSPS) is 14.4. The summed E-state index contributed by atoms with van der Waals surface area (Å²) in [4.78, 5) is 37.6. The van der Waals surface area contributed by atoms with Crippen LogP contribution in [0.25, 0.3) is 0 Å². The Morgan fingerprint density at radius 2 is 1.69 bits per heavy atom. The van der Waals surface area contributed by atoms with Crippen molar-refractivity contribution in [1.29, 1.82) is 0 Å². The Hall–Kier alpha value is -2.88. The van der Waals surface area contributed by atoms with Gasteiger partial charge in [-0.3, -0.25) is 4.79 Å². The predicted molar refractivity (Wildman–Crippen MR) is 119 cm³/mol. The molecule has 0 unspecified atom stereocenters. The lowest BCUT2D eigenvalue weighted by molar-refractivity contribution is -0.134. The van der Waals surface area contributed by atoms with Crippen LogP contribution in [0.4, 0.5) is 0 Å². The number of rotatable bonds is 12. The number of benzene rings is 1. The summed E-state index contributed by atoms with van der Waals surface area (Å²) in [5.41, 5.74) is 0.277. The van der Waals surface area contributed by atoms with Gasteiger partial charge >= 0.3 is 11.9 Å². The molecule has 0 saturated carbocycles. The quantitative estimate of drug-likeness (QED) is 0.261. The number of ether oxygens (including phenoxy) is 5. The minimum absolute atomic E-state index is 0.0972. The Balaban J connectivity index is 2.02. The van der Waals surface area contributed by atoms with E-state index in [1.165, 1.54) is 29.8 Å². The molecule has 0 aromatic heterocycles. The van der Waals surface area contributed by atoms with Crippen LogP contribution >= 0.6 is 11.8 Å². The van der Waals surface area contributed by atoms with Crippen molar-refractivity contribution in [2.45, 2.75) is 27.2 Å². The van der Waals surface area contributed by atoms with Gasteiger partial charge in [-0.1, -0.05) is 11.8 Å². The summed E-state index contributed by atoms with van der Waals surface area (Å²) in [6.45, 7) is 7.15. The van der Waals surface area contributed by atoms with Crippen LogP contribution in [0.15, 0.2) is 23.2 Å². The lowest BCUT2D eigenvalue weighted by atomic mass is 10.2. The lowest BCUT2D eigenvalue weighted by Crippen LogP contribution is -2.27. The van der Waals surface area contributed by atoms with Gasteiger partial charge in [-0.25, -0.2) is 9.59 Å². The largest absolute Gasteiger partial charge is 0.490 e. The van der Waals surface area contributed by atoms with Gasteiger partial charge in [0.05, 0.1) is 56.0 Å². The Labute approximate surface area is 192 Å². The number of amides is 1. The molecule has 0 spiro atoms. The molecule has 1 aromatic rings. The van der Waals surface area contributed by atoms with Crippen LogP contribution in [0, 0.1) is 0 Å². The van der Waals surface area contributed by atoms with Crippen molar-refractivity contribution in [3.63, 3.8) is 0 Å². The Kier molecular flexibility index (Phi) is 10.2. The highest BCUT2D eigenvalue weighted by molar-refractivity contribution is 8.04. The van der Waals surface area contributed by atoms with Gasteiger partial charge in [-0.15, -0.1) is 0 Å². The van der Waals surface area contributed by atoms with Crippen LogP contribution in [-0.2, 0) is 19.1 Å². The molecule has 1 aliphatic heterocycles. The molecule has 1 fully saturated rings. The molecule has 0 N–H and O–H groups in total. The molecule has 0 bridgehead atoms. The first kappa shape index (κ1) is 25.4. The molecule has 0 atom stereocenters. The summed E-state index contributed by atoms with van der Waals surface area (Å²) in [5.74, 6) is 0.351. The first-order valence-corrected chi connectivity index (χ1v) is 11.4. The van der Waals surface area contributed by atoms with Crippen molar-refractivity contribution in [2.24, 2.45) is 0 Å². The van der Waals surface area contributed by atoms with E-state index >= 15 is 0 Å². The maximum atomic E-state index is 12.6. The number of thioether (sulfide) groups is 1. The van der Waals surface area contributed by atoms with Crippen molar-refractivity contribution in [3.05, 3.63) is 28.8 Å². The van der Waals surface area contributed by atoms with Crippen LogP contribution in [0.3, 0.4) is 0 Å². The van der Waals surface area contributed by atoms with Gasteiger partial charge in [0.2, 0.25) is 11.7 Å². The third-order valence-corrected chi connectivity index (χ3v) is 5.28. The van der Waals surface area contributed by atoms with E-state index in [2.05, 4.69) is 4.74 Å². The van der Waals surface area contributed by atoms with Gasteiger partial charge < -0.3 is 28.6 Å². The molecule has 10 heteroatoms. The van der Waals surface area contributed by atoms with Gasteiger partial charge in [-0.2, -0.15) is 0 Å². The number of methoxy groups -OCH3 is 1. The zero-order chi connectivity index (χ0) is 23.5. The second kappa shape index (κ2) is 12.8. The maximum Gasteiger partial charge on any atom is 0.338 e. The zero-order valence-corrected chi connectivity index (χ0v) is 19.6. The third-order valence-electron chi connectivity index (χ3n) is 4.26. The number of hydrogen-bond donors (Lipinski definition) is 0. The molecule has 1 aliphatic rings. The van der Waals surface area contributed by atoms with Crippen molar-refractivity contribution in [3.8, 4) is 17.2 Å². The molecule has 1 saturated heterocycles. The number of esters is 2. The maximum absolute atomic E-state index is 12.6. The molecular formula is C22H29NO8S. The fourth-order valence-corrected chi connectivity index (χ4v) is 3.86. The number of carbonyl (C=O) groups is 3. The van der Waals surface area contributed by atoms with Crippen molar-refractivity contribution >= 4 is 29.6 Å². The fourth-order valence-electron chi connectivity index (χ4n) is 2.91. The fraction of sp³-hybridized carbons (Fsp3) is 0.500. The third kappa shape index (κ3) is 6.81. The van der Waals surface area contributed by atoms with Gasteiger partial charge in [0.25, 0.3) is 0 Å². The summed E-state index contributed by atoms with van der Waals surface area (Å²) >= 11 is 1.27. The molecule has 2 rings (SSSR count). The van der Waals surface area contributed by atoms with Crippen molar-refractivity contribution in [2.75, 3.05) is 45.8 Å². The van der Waals surface area contributed by atoms with Gasteiger partial charge in [0.1, 0.15) is 0 Å². The predicted octanol–water partition coefficient (Wildman–Crippen LogP) is 3.02. The zero-order valence-electron chi connectivity index (χ0n) is 18.8. The van der Waals surface area contributed by atoms with Gasteiger partial charge in [-0.05, 0) is 39.3 Å². The van der Waals surface area contributed by atoms with Crippen LogP contribution in [0.1, 0.15) is 37.6 Å². The lowest BCUT2D eigenvalue weighted by Gasteiger charge is -2.18. The molecule has 32 heavy (non-hydrogen) atoms. The molecular weight excluding hydrogens is 438 g/mol. The van der Waals surface area contributed by atoms with Crippen molar-refractivity contribution in [1.82, 2.24) is 4.90 Å². The number of hydrogen-bond acceptors (Lipinski definition) is 9. The van der Waals surface area contributed by atoms with Gasteiger partial charge in [0, 0.05) is 6.54 Å². The van der Waals surface area contributed by atoms with E-state index in [-0.39, 0.29) is 23.8 Å². The van der Waals surface area contributed by atoms with E-state index in [0.29, 0.717) is 55.1 Å². The molecule has 9 nitrogen and oxygen atoms in total. The minimum Gasteiger partial charge on any atom is -0.490 e. The summed E-state index contributed by atoms with van der Waals surface area (Å²) in [5, 5.41) is 0.530. The van der Waals surface area contributed by atoms with E-state index in [4.69, 9.17) is 18.9 Å². The summed E-state index contributed by atoms with van der Waals surface area (Å²) in [6, 6.07) is 3.13. The molecule has 0 radical (unpaired) electrons. The molecule has 1 heterocycles. The summed E-state index contributed by atoms with van der Waals surface area (Å²) in [6.07, 6.45) is 1.69. The first-order valence-electron chi connectivity index (χ1n) is 10.4. The number of nitrogens with zero attached hydrogens (tertiary/aromatic N) is 1. The molecule has 0 aliphatic carbocycles. The average Bonchev–Trinajstić information content (AvgIpc) is 3.12. The average molecular weight is 468 g/mol. The highest BCUT2D eigenvalue weighted by Gasteiger charge is 2.27. The van der Waals surface area contributed by atoms with E-state index in [1.807, 2.05) is 20.8 Å². The molecule has 1 amide bonds. The highest BCUT2D eigenvalue weighted by atomic mass is 32.2. The van der Waals surface area contributed by atoms with Crippen LogP contribution in [0.2, 0.25) is 0 Å². The Bertz CT molecular complexity index is 827. The molecule has 1 aromatic carbocycles. The van der Waals surface area contributed by atoms with E-state index in [9.17, 15) is 14.4 Å². The SMILES string of the molecule is CCOc1cc(C(=O)OCCCN2C(=O)CS/C2=C\C(=O)OC)cc(OCC)c1OCC.